The average Bonchev–Trinajstić information content (AvgIpc) is 2.42. The minimum atomic E-state index is -0.503. The van der Waals surface area contributed by atoms with E-state index < -0.39 is 11.2 Å². The van der Waals surface area contributed by atoms with Crippen LogP contribution in [0.5, 0.6) is 0 Å². The molecule has 4 heteroatoms. The second-order valence-electron chi connectivity index (χ2n) is 9.56. The third kappa shape index (κ3) is 7.06. The quantitative estimate of drug-likeness (QED) is 0.470. The van der Waals surface area contributed by atoms with E-state index in [9.17, 15) is 0 Å². The van der Waals surface area contributed by atoms with Crippen LogP contribution in [0.25, 0.3) is 0 Å². The molecule has 0 aliphatic heterocycles. The van der Waals surface area contributed by atoms with Gasteiger partial charge in [0.2, 0.25) is 0 Å². The molecule has 1 aliphatic carbocycles. The highest BCUT2D eigenvalue weighted by Gasteiger charge is 2.37. The largest absolute Gasteiger partial charge is 0.230 e. The first-order valence-corrected chi connectivity index (χ1v) is 8.74. The Labute approximate surface area is 148 Å². The Kier molecular flexibility index (Phi) is 6.48. The van der Waals surface area contributed by atoms with Gasteiger partial charge in [-0.3, -0.25) is 0 Å². The Hall–Kier alpha value is -0.680. The molecule has 0 aromatic rings. The first kappa shape index (κ1) is 21.4. The maximum Gasteiger partial charge on any atom is 0.119 e. The molecule has 0 radical (unpaired) electrons. The molecule has 0 saturated carbocycles. The fourth-order valence-corrected chi connectivity index (χ4v) is 2.18. The van der Waals surface area contributed by atoms with Crippen LogP contribution in [0, 0.1) is 5.92 Å². The van der Waals surface area contributed by atoms with Crippen molar-refractivity contribution >= 4 is 0 Å². The summed E-state index contributed by atoms with van der Waals surface area (Å²) < 4.78 is 0. The van der Waals surface area contributed by atoms with Gasteiger partial charge < -0.3 is 0 Å². The van der Waals surface area contributed by atoms with Gasteiger partial charge in [-0.2, -0.15) is 0 Å². The number of hydrogen-bond donors (Lipinski definition) is 0. The van der Waals surface area contributed by atoms with Crippen LogP contribution in [0.2, 0.25) is 0 Å². The van der Waals surface area contributed by atoms with Crippen LogP contribution in [-0.4, -0.2) is 22.4 Å². The highest BCUT2D eigenvalue weighted by Crippen LogP contribution is 2.37. The van der Waals surface area contributed by atoms with Crippen LogP contribution in [0.1, 0.15) is 75.7 Å². The van der Waals surface area contributed by atoms with Gasteiger partial charge in [-0.1, -0.05) is 18.2 Å². The number of rotatable bonds is 6. The van der Waals surface area contributed by atoms with Gasteiger partial charge in [-0.15, -0.1) is 0 Å². The lowest BCUT2D eigenvalue weighted by Gasteiger charge is -2.38. The molecule has 1 aliphatic rings. The van der Waals surface area contributed by atoms with E-state index in [1.165, 1.54) is 5.57 Å². The molecule has 0 heterocycles. The summed E-state index contributed by atoms with van der Waals surface area (Å²) in [5, 5.41) is 0. The summed E-state index contributed by atoms with van der Waals surface area (Å²) in [6.45, 7) is 20.0. The Balaban J connectivity index is 2.75. The molecule has 0 bridgehead atoms. The Morgan fingerprint density at radius 2 is 1.25 bits per heavy atom. The van der Waals surface area contributed by atoms with E-state index in [0.717, 1.165) is 6.42 Å². The second kappa shape index (κ2) is 7.28. The summed E-state index contributed by atoms with van der Waals surface area (Å²) in [6.07, 6.45) is 7.16. The Bertz CT molecular complexity index is 473. The molecular formula is C20H36O4. The lowest BCUT2D eigenvalue weighted by atomic mass is 9.78. The van der Waals surface area contributed by atoms with Crippen molar-refractivity contribution in [3.05, 3.63) is 23.8 Å². The van der Waals surface area contributed by atoms with E-state index in [-0.39, 0.29) is 17.1 Å². The Morgan fingerprint density at radius 3 is 1.75 bits per heavy atom. The second-order valence-corrected chi connectivity index (χ2v) is 9.56. The van der Waals surface area contributed by atoms with Crippen LogP contribution in [-0.2, 0) is 19.6 Å². The van der Waals surface area contributed by atoms with Crippen molar-refractivity contribution in [3.63, 3.8) is 0 Å². The van der Waals surface area contributed by atoms with Gasteiger partial charge in [0.25, 0.3) is 0 Å². The van der Waals surface area contributed by atoms with E-state index in [0.29, 0.717) is 0 Å². The van der Waals surface area contributed by atoms with Gasteiger partial charge in [0.1, 0.15) is 11.2 Å². The molecule has 0 saturated heterocycles. The molecule has 0 amide bonds. The minimum Gasteiger partial charge on any atom is -0.230 e. The summed E-state index contributed by atoms with van der Waals surface area (Å²) in [4.78, 5) is 22.6. The highest BCUT2D eigenvalue weighted by atomic mass is 17.2. The zero-order valence-corrected chi connectivity index (χ0v) is 17.1. The summed E-state index contributed by atoms with van der Waals surface area (Å²) in [7, 11) is 0. The molecule has 1 atom stereocenters. The monoisotopic (exact) mass is 340 g/mol. The molecule has 24 heavy (non-hydrogen) atoms. The zero-order chi connectivity index (χ0) is 18.8. The van der Waals surface area contributed by atoms with Crippen LogP contribution in [0.15, 0.2) is 23.8 Å². The molecule has 0 spiro atoms. The third-order valence-corrected chi connectivity index (χ3v) is 3.75. The van der Waals surface area contributed by atoms with E-state index in [1.54, 1.807) is 0 Å². The van der Waals surface area contributed by atoms with Crippen LogP contribution >= 0.6 is 0 Å². The van der Waals surface area contributed by atoms with Crippen molar-refractivity contribution in [2.45, 2.75) is 98.1 Å². The fourth-order valence-electron chi connectivity index (χ4n) is 2.18. The summed E-state index contributed by atoms with van der Waals surface area (Å²) in [5.74, 6) is 0.192. The van der Waals surface area contributed by atoms with E-state index in [2.05, 4.69) is 32.1 Å². The SMILES string of the molecule is CC(C)(C)OOC(C)(C)C1=CC=CC(C(C)(C)OOC(C)(C)C)C1. The summed E-state index contributed by atoms with van der Waals surface area (Å²) in [6, 6.07) is 0. The van der Waals surface area contributed by atoms with Crippen LogP contribution in [0.4, 0.5) is 0 Å². The van der Waals surface area contributed by atoms with E-state index in [1.807, 2.05) is 55.4 Å². The van der Waals surface area contributed by atoms with Crippen molar-refractivity contribution < 1.29 is 19.6 Å². The first-order valence-electron chi connectivity index (χ1n) is 8.74. The topological polar surface area (TPSA) is 36.9 Å². The normalized spacial score (nSPS) is 20.2. The molecule has 0 fully saturated rings. The fraction of sp³-hybridized carbons (Fsp3) is 0.800. The van der Waals surface area contributed by atoms with Crippen LogP contribution in [0.3, 0.4) is 0 Å². The minimum absolute atomic E-state index is 0.192. The van der Waals surface area contributed by atoms with Gasteiger partial charge in [-0.05, 0) is 81.2 Å². The van der Waals surface area contributed by atoms with Gasteiger partial charge in [0.15, 0.2) is 0 Å². The van der Waals surface area contributed by atoms with Gasteiger partial charge in [0, 0.05) is 5.92 Å². The summed E-state index contributed by atoms with van der Waals surface area (Å²) in [5.41, 5.74) is -0.449. The van der Waals surface area contributed by atoms with Crippen molar-refractivity contribution in [3.8, 4) is 0 Å². The molecule has 0 aromatic heterocycles. The average molecular weight is 341 g/mol. The molecular weight excluding hydrogens is 304 g/mol. The maximum absolute atomic E-state index is 5.76. The van der Waals surface area contributed by atoms with Crippen molar-refractivity contribution in [1.29, 1.82) is 0 Å². The predicted molar refractivity (Wildman–Crippen MR) is 97.3 cm³/mol. The lowest BCUT2D eigenvalue weighted by Crippen LogP contribution is -2.40. The van der Waals surface area contributed by atoms with Gasteiger partial charge >= 0.3 is 0 Å². The van der Waals surface area contributed by atoms with Crippen molar-refractivity contribution in [2.24, 2.45) is 5.92 Å². The Morgan fingerprint density at radius 1 is 0.750 bits per heavy atom. The molecule has 1 rings (SSSR count). The van der Waals surface area contributed by atoms with E-state index >= 15 is 0 Å². The molecule has 0 N–H and O–H groups in total. The standard InChI is InChI=1S/C20H36O4/c1-17(2,3)21-23-19(7,8)15-12-11-13-16(14-15)20(9,10)24-22-18(4,5)6/h11-13,15H,14H2,1-10H3. The predicted octanol–water partition coefficient (Wildman–Crippen LogP) is 5.54. The number of allylic oxidation sites excluding steroid dienone is 2. The first-order chi connectivity index (χ1) is 10.6. The van der Waals surface area contributed by atoms with Gasteiger partial charge in [0.05, 0.1) is 11.2 Å². The molecule has 1 unspecified atom stereocenters. The maximum atomic E-state index is 5.76. The van der Waals surface area contributed by atoms with Crippen molar-refractivity contribution in [2.75, 3.05) is 0 Å². The smallest absolute Gasteiger partial charge is 0.119 e. The third-order valence-electron chi connectivity index (χ3n) is 3.75. The zero-order valence-electron chi connectivity index (χ0n) is 17.1. The lowest BCUT2D eigenvalue weighted by molar-refractivity contribution is -0.404. The number of hydrogen-bond acceptors (Lipinski definition) is 4. The molecule has 140 valence electrons. The van der Waals surface area contributed by atoms with Crippen LogP contribution < -0.4 is 0 Å². The van der Waals surface area contributed by atoms with Crippen molar-refractivity contribution in [1.82, 2.24) is 0 Å². The van der Waals surface area contributed by atoms with Gasteiger partial charge in [-0.25, -0.2) is 19.6 Å². The van der Waals surface area contributed by atoms with E-state index in [4.69, 9.17) is 19.6 Å². The summed E-state index contributed by atoms with van der Waals surface area (Å²) >= 11 is 0. The molecule has 0 aromatic carbocycles. The molecule has 4 nitrogen and oxygen atoms in total. The highest BCUT2D eigenvalue weighted by molar-refractivity contribution is 5.27.